The van der Waals surface area contributed by atoms with Crippen molar-refractivity contribution in [2.45, 2.75) is 48.8 Å². The predicted octanol–water partition coefficient (Wildman–Crippen LogP) is 3.89. The third-order valence-electron chi connectivity index (χ3n) is 3.68. The molecule has 5 heteroatoms. The van der Waals surface area contributed by atoms with E-state index in [0.717, 1.165) is 18.9 Å². The van der Waals surface area contributed by atoms with Crippen molar-refractivity contribution >= 4 is 41.7 Å². The van der Waals surface area contributed by atoms with Gasteiger partial charge in [-0.3, -0.25) is 4.99 Å². The first kappa shape index (κ1) is 18.6. The normalized spacial score (nSPS) is 17.6. The molecule has 21 heavy (non-hydrogen) atoms. The number of rotatable bonds is 6. The van der Waals surface area contributed by atoms with E-state index in [1.807, 2.05) is 18.8 Å². The van der Waals surface area contributed by atoms with Crippen LogP contribution in [0.2, 0.25) is 0 Å². The molecule has 1 aromatic carbocycles. The Morgan fingerprint density at radius 3 is 2.52 bits per heavy atom. The molecule has 1 aliphatic carbocycles. The van der Waals surface area contributed by atoms with E-state index >= 15 is 0 Å². The SMILES string of the molecule is CCC(C)NC(=NC)NCC1(Sc2ccccc2)CC1.I. The first-order valence-electron chi connectivity index (χ1n) is 7.39. The summed E-state index contributed by atoms with van der Waals surface area (Å²) >= 11 is 1.99. The highest BCUT2D eigenvalue weighted by atomic mass is 127. The van der Waals surface area contributed by atoms with Crippen LogP contribution in [-0.4, -0.2) is 30.3 Å². The van der Waals surface area contributed by atoms with Gasteiger partial charge in [-0.1, -0.05) is 25.1 Å². The Bertz CT molecular complexity index is 446. The topological polar surface area (TPSA) is 36.4 Å². The highest BCUT2D eigenvalue weighted by molar-refractivity contribution is 14.0. The van der Waals surface area contributed by atoms with E-state index in [9.17, 15) is 0 Å². The number of nitrogens with zero attached hydrogens (tertiary/aromatic N) is 1. The van der Waals surface area contributed by atoms with Crippen molar-refractivity contribution in [3.63, 3.8) is 0 Å². The van der Waals surface area contributed by atoms with E-state index in [4.69, 9.17) is 0 Å². The second-order valence-corrected chi connectivity index (χ2v) is 7.02. The Kier molecular flexibility index (Phi) is 7.87. The number of nitrogens with one attached hydrogen (secondary N) is 2. The summed E-state index contributed by atoms with van der Waals surface area (Å²) in [7, 11) is 1.83. The van der Waals surface area contributed by atoms with Gasteiger partial charge >= 0.3 is 0 Å². The van der Waals surface area contributed by atoms with Crippen LogP contribution in [0, 0.1) is 0 Å². The molecule has 0 spiro atoms. The first-order valence-corrected chi connectivity index (χ1v) is 8.20. The molecule has 1 fully saturated rings. The van der Waals surface area contributed by atoms with Crippen LogP contribution in [0.1, 0.15) is 33.1 Å². The van der Waals surface area contributed by atoms with E-state index in [2.05, 4.69) is 59.8 Å². The van der Waals surface area contributed by atoms with Crippen LogP contribution < -0.4 is 10.6 Å². The molecular formula is C16H26IN3S. The van der Waals surface area contributed by atoms with E-state index in [1.165, 1.54) is 17.7 Å². The van der Waals surface area contributed by atoms with Gasteiger partial charge in [-0.25, -0.2) is 0 Å². The third kappa shape index (κ3) is 6.06. The number of halogens is 1. The second-order valence-electron chi connectivity index (χ2n) is 5.48. The van der Waals surface area contributed by atoms with Crippen molar-refractivity contribution < 1.29 is 0 Å². The minimum absolute atomic E-state index is 0. The summed E-state index contributed by atoms with van der Waals surface area (Å²) in [6, 6.07) is 11.1. The molecule has 0 radical (unpaired) electrons. The van der Waals surface area contributed by atoms with E-state index in [0.29, 0.717) is 10.8 Å². The second kappa shape index (κ2) is 8.88. The predicted molar refractivity (Wildman–Crippen MR) is 104 cm³/mol. The van der Waals surface area contributed by atoms with Gasteiger partial charge in [0.2, 0.25) is 0 Å². The maximum atomic E-state index is 4.30. The monoisotopic (exact) mass is 419 g/mol. The molecule has 3 nitrogen and oxygen atoms in total. The van der Waals surface area contributed by atoms with Crippen LogP contribution >= 0.6 is 35.7 Å². The van der Waals surface area contributed by atoms with Crippen LogP contribution in [-0.2, 0) is 0 Å². The number of hydrogen-bond acceptors (Lipinski definition) is 2. The Hall–Kier alpha value is -0.430. The quantitative estimate of drug-likeness (QED) is 0.417. The zero-order valence-electron chi connectivity index (χ0n) is 13.1. The average Bonchev–Trinajstić information content (AvgIpc) is 3.24. The molecule has 0 aromatic heterocycles. The standard InChI is InChI=1S/C16H25N3S.HI/c1-4-13(2)19-15(17-3)18-12-16(10-11-16)20-14-8-6-5-7-9-14;/h5-9,13H,4,10-12H2,1-3H3,(H2,17,18,19);1H. The van der Waals surface area contributed by atoms with Gasteiger partial charge < -0.3 is 10.6 Å². The zero-order chi connectivity index (χ0) is 14.4. The van der Waals surface area contributed by atoms with E-state index < -0.39 is 0 Å². The van der Waals surface area contributed by atoms with Gasteiger partial charge in [0.15, 0.2) is 5.96 Å². The number of guanidine groups is 1. The fourth-order valence-corrected chi connectivity index (χ4v) is 3.21. The molecule has 0 saturated heterocycles. The molecule has 1 saturated carbocycles. The number of benzene rings is 1. The molecule has 0 aliphatic heterocycles. The maximum Gasteiger partial charge on any atom is 0.191 e. The molecule has 0 bridgehead atoms. The molecule has 1 aromatic rings. The Morgan fingerprint density at radius 1 is 1.33 bits per heavy atom. The highest BCUT2D eigenvalue weighted by Gasteiger charge is 2.43. The molecule has 0 amide bonds. The molecule has 1 aliphatic rings. The van der Waals surface area contributed by atoms with Gasteiger partial charge in [-0.05, 0) is 38.3 Å². The summed E-state index contributed by atoms with van der Waals surface area (Å²) in [4.78, 5) is 5.66. The Labute approximate surface area is 149 Å². The molecule has 1 unspecified atom stereocenters. The largest absolute Gasteiger partial charge is 0.355 e. The van der Waals surface area contributed by atoms with Crippen LogP contribution in [0.4, 0.5) is 0 Å². The zero-order valence-corrected chi connectivity index (χ0v) is 16.2. The summed E-state index contributed by atoms with van der Waals surface area (Å²) < 4.78 is 0.356. The van der Waals surface area contributed by atoms with Crippen LogP contribution in [0.3, 0.4) is 0 Å². The number of thioether (sulfide) groups is 1. The Balaban J connectivity index is 0.00000220. The molecule has 118 valence electrons. The molecule has 0 heterocycles. The van der Waals surface area contributed by atoms with Crippen molar-refractivity contribution in [1.29, 1.82) is 0 Å². The lowest BCUT2D eigenvalue weighted by atomic mass is 10.3. The molecule has 2 N–H and O–H groups in total. The number of hydrogen-bond donors (Lipinski definition) is 2. The van der Waals surface area contributed by atoms with Crippen LogP contribution in [0.5, 0.6) is 0 Å². The fraction of sp³-hybridized carbons (Fsp3) is 0.562. The third-order valence-corrected chi connectivity index (χ3v) is 5.18. The van der Waals surface area contributed by atoms with Crippen LogP contribution in [0.25, 0.3) is 0 Å². The molecule has 1 atom stereocenters. The van der Waals surface area contributed by atoms with Gasteiger partial charge in [0, 0.05) is 29.3 Å². The van der Waals surface area contributed by atoms with Gasteiger partial charge in [0.1, 0.15) is 0 Å². The number of aliphatic imine (C=N–C) groups is 1. The summed E-state index contributed by atoms with van der Waals surface area (Å²) in [6.45, 7) is 5.33. The first-order chi connectivity index (χ1) is 9.67. The van der Waals surface area contributed by atoms with Crippen molar-refractivity contribution in [3.05, 3.63) is 30.3 Å². The van der Waals surface area contributed by atoms with Crippen molar-refractivity contribution in [2.24, 2.45) is 4.99 Å². The van der Waals surface area contributed by atoms with E-state index in [-0.39, 0.29) is 24.0 Å². The summed E-state index contributed by atoms with van der Waals surface area (Å²) in [5.74, 6) is 0.916. The smallest absolute Gasteiger partial charge is 0.191 e. The van der Waals surface area contributed by atoms with Crippen molar-refractivity contribution in [2.75, 3.05) is 13.6 Å². The lowest BCUT2D eigenvalue weighted by Gasteiger charge is -2.20. The van der Waals surface area contributed by atoms with Crippen molar-refractivity contribution in [3.8, 4) is 0 Å². The molecular weight excluding hydrogens is 393 g/mol. The van der Waals surface area contributed by atoms with Crippen molar-refractivity contribution in [1.82, 2.24) is 10.6 Å². The maximum absolute atomic E-state index is 4.30. The Morgan fingerprint density at radius 2 is 2.00 bits per heavy atom. The minimum Gasteiger partial charge on any atom is -0.355 e. The van der Waals surface area contributed by atoms with Gasteiger partial charge in [0.25, 0.3) is 0 Å². The lowest BCUT2D eigenvalue weighted by molar-refractivity contribution is 0.622. The minimum atomic E-state index is 0. The highest BCUT2D eigenvalue weighted by Crippen LogP contribution is 2.51. The van der Waals surface area contributed by atoms with Gasteiger partial charge in [-0.15, -0.1) is 35.7 Å². The van der Waals surface area contributed by atoms with Gasteiger partial charge in [-0.2, -0.15) is 0 Å². The summed E-state index contributed by atoms with van der Waals surface area (Å²) in [6.07, 6.45) is 3.66. The summed E-state index contributed by atoms with van der Waals surface area (Å²) in [5.41, 5.74) is 0. The fourth-order valence-electron chi connectivity index (χ4n) is 1.97. The summed E-state index contributed by atoms with van der Waals surface area (Å²) in [5, 5.41) is 6.89. The van der Waals surface area contributed by atoms with Gasteiger partial charge in [0.05, 0.1) is 0 Å². The average molecular weight is 419 g/mol. The lowest BCUT2D eigenvalue weighted by Crippen LogP contribution is -2.44. The van der Waals surface area contributed by atoms with E-state index in [1.54, 1.807) is 0 Å². The molecule has 2 rings (SSSR count). The van der Waals surface area contributed by atoms with Crippen LogP contribution in [0.15, 0.2) is 40.2 Å².